The molecule has 0 radical (unpaired) electrons. The molecule has 0 saturated carbocycles. The summed E-state index contributed by atoms with van der Waals surface area (Å²) in [5, 5.41) is 0. The van der Waals surface area contributed by atoms with Crippen molar-refractivity contribution in [2.75, 3.05) is 7.11 Å². The number of hydrogen-bond donors (Lipinski definition) is 1. The second-order valence-corrected chi connectivity index (χ2v) is 4.42. The molecule has 18 heavy (non-hydrogen) atoms. The van der Waals surface area contributed by atoms with E-state index in [9.17, 15) is 0 Å². The van der Waals surface area contributed by atoms with Crippen LogP contribution in [0.1, 0.15) is 16.8 Å². The van der Waals surface area contributed by atoms with Gasteiger partial charge in [-0.2, -0.15) is 0 Å². The summed E-state index contributed by atoms with van der Waals surface area (Å²) < 4.78 is 7.29. The SMILES string of the molecule is COc1ccc(-c2ncn(C)c2CN)c(C)c1C. The van der Waals surface area contributed by atoms with Crippen LogP contribution >= 0.6 is 0 Å². The van der Waals surface area contributed by atoms with Crippen LogP contribution in [-0.2, 0) is 13.6 Å². The number of benzene rings is 1. The van der Waals surface area contributed by atoms with Gasteiger partial charge < -0.3 is 15.0 Å². The van der Waals surface area contributed by atoms with E-state index in [1.165, 1.54) is 5.56 Å². The van der Waals surface area contributed by atoms with E-state index in [0.717, 1.165) is 28.3 Å². The minimum absolute atomic E-state index is 0.482. The third kappa shape index (κ3) is 1.88. The Morgan fingerprint density at radius 1 is 1.28 bits per heavy atom. The molecule has 0 saturated heterocycles. The van der Waals surface area contributed by atoms with Crippen molar-refractivity contribution in [1.29, 1.82) is 0 Å². The molecule has 2 N–H and O–H groups in total. The Balaban J connectivity index is 2.61. The smallest absolute Gasteiger partial charge is 0.122 e. The molecule has 0 spiro atoms. The molecule has 0 aliphatic rings. The number of imidazole rings is 1. The Bertz CT molecular complexity index is 573. The summed E-state index contributed by atoms with van der Waals surface area (Å²) in [5.41, 5.74) is 11.2. The summed E-state index contributed by atoms with van der Waals surface area (Å²) in [6.07, 6.45) is 1.80. The molecule has 0 unspecified atom stereocenters. The number of ether oxygens (including phenoxy) is 1. The summed E-state index contributed by atoms with van der Waals surface area (Å²) in [4.78, 5) is 4.46. The van der Waals surface area contributed by atoms with E-state index in [4.69, 9.17) is 10.5 Å². The predicted molar refractivity (Wildman–Crippen MR) is 72.6 cm³/mol. The molecule has 1 heterocycles. The van der Waals surface area contributed by atoms with Gasteiger partial charge in [0.1, 0.15) is 5.75 Å². The summed E-state index contributed by atoms with van der Waals surface area (Å²) in [6.45, 7) is 4.63. The van der Waals surface area contributed by atoms with Gasteiger partial charge in [-0.1, -0.05) is 0 Å². The van der Waals surface area contributed by atoms with Gasteiger partial charge in [0.15, 0.2) is 0 Å². The molecule has 2 rings (SSSR count). The Morgan fingerprint density at radius 3 is 2.61 bits per heavy atom. The zero-order chi connectivity index (χ0) is 13.3. The average Bonchev–Trinajstić information content (AvgIpc) is 2.73. The maximum Gasteiger partial charge on any atom is 0.122 e. The van der Waals surface area contributed by atoms with Crippen LogP contribution in [0, 0.1) is 13.8 Å². The second kappa shape index (κ2) is 4.82. The number of rotatable bonds is 3. The van der Waals surface area contributed by atoms with Crippen molar-refractivity contribution in [3.8, 4) is 17.0 Å². The average molecular weight is 245 g/mol. The molecule has 4 nitrogen and oxygen atoms in total. The molecule has 4 heteroatoms. The zero-order valence-electron chi connectivity index (χ0n) is 11.3. The topological polar surface area (TPSA) is 53.1 Å². The molecule has 2 aromatic rings. The first-order valence-corrected chi connectivity index (χ1v) is 5.95. The quantitative estimate of drug-likeness (QED) is 0.901. The molecule has 96 valence electrons. The normalized spacial score (nSPS) is 10.7. The van der Waals surface area contributed by atoms with E-state index in [2.05, 4.69) is 18.8 Å². The first kappa shape index (κ1) is 12.6. The molecule has 0 fully saturated rings. The fraction of sp³-hybridized carbons (Fsp3) is 0.357. The summed E-state index contributed by atoms with van der Waals surface area (Å²) in [7, 11) is 3.65. The highest BCUT2D eigenvalue weighted by atomic mass is 16.5. The van der Waals surface area contributed by atoms with Crippen LogP contribution in [0.4, 0.5) is 0 Å². The van der Waals surface area contributed by atoms with Crippen LogP contribution in [0.3, 0.4) is 0 Å². The molecule has 0 aliphatic carbocycles. The van der Waals surface area contributed by atoms with Crippen LogP contribution in [0.25, 0.3) is 11.3 Å². The van der Waals surface area contributed by atoms with Gasteiger partial charge in [0, 0.05) is 19.2 Å². The lowest BCUT2D eigenvalue weighted by Gasteiger charge is -2.12. The van der Waals surface area contributed by atoms with Crippen LogP contribution in [0.2, 0.25) is 0 Å². The van der Waals surface area contributed by atoms with Gasteiger partial charge in [0.05, 0.1) is 24.8 Å². The number of methoxy groups -OCH3 is 1. The van der Waals surface area contributed by atoms with Gasteiger partial charge >= 0.3 is 0 Å². The lowest BCUT2D eigenvalue weighted by Crippen LogP contribution is -2.05. The van der Waals surface area contributed by atoms with E-state index in [1.807, 2.05) is 23.7 Å². The van der Waals surface area contributed by atoms with Crippen LogP contribution in [0.5, 0.6) is 5.75 Å². The van der Waals surface area contributed by atoms with Gasteiger partial charge in [-0.05, 0) is 37.1 Å². The number of aromatic nitrogens is 2. The van der Waals surface area contributed by atoms with Crippen molar-refractivity contribution < 1.29 is 4.74 Å². The van der Waals surface area contributed by atoms with Gasteiger partial charge in [0.25, 0.3) is 0 Å². The highest BCUT2D eigenvalue weighted by Crippen LogP contribution is 2.31. The maximum atomic E-state index is 5.79. The first-order valence-electron chi connectivity index (χ1n) is 5.95. The Morgan fingerprint density at radius 2 is 2.00 bits per heavy atom. The van der Waals surface area contributed by atoms with Crippen molar-refractivity contribution in [2.24, 2.45) is 12.8 Å². The fourth-order valence-electron chi connectivity index (χ4n) is 2.19. The van der Waals surface area contributed by atoms with E-state index >= 15 is 0 Å². The third-order valence-corrected chi connectivity index (χ3v) is 3.47. The fourth-order valence-corrected chi connectivity index (χ4v) is 2.19. The molecular weight excluding hydrogens is 226 g/mol. The molecule has 1 aromatic carbocycles. The van der Waals surface area contributed by atoms with E-state index in [-0.39, 0.29) is 0 Å². The summed E-state index contributed by atoms with van der Waals surface area (Å²) in [6, 6.07) is 4.02. The Labute approximate surface area is 107 Å². The second-order valence-electron chi connectivity index (χ2n) is 4.42. The summed E-state index contributed by atoms with van der Waals surface area (Å²) in [5.74, 6) is 0.904. The van der Waals surface area contributed by atoms with E-state index in [0.29, 0.717) is 6.54 Å². The number of hydrogen-bond acceptors (Lipinski definition) is 3. The van der Waals surface area contributed by atoms with Crippen molar-refractivity contribution in [3.05, 3.63) is 35.3 Å². The van der Waals surface area contributed by atoms with Gasteiger partial charge in [-0.15, -0.1) is 0 Å². The van der Waals surface area contributed by atoms with E-state index < -0.39 is 0 Å². The lowest BCUT2D eigenvalue weighted by molar-refractivity contribution is 0.411. The molecule has 0 atom stereocenters. The maximum absolute atomic E-state index is 5.79. The summed E-state index contributed by atoms with van der Waals surface area (Å²) >= 11 is 0. The Hall–Kier alpha value is -1.81. The molecule has 0 amide bonds. The first-order chi connectivity index (χ1) is 8.60. The molecule has 1 aromatic heterocycles. The molecule has 0 aliphatic heterocycles. The van der Waals surface area contributed by atoms with Crippen LogP contribution < -0.4 is 10.5 Å². The molecular formula is C14H19N3O. The zero-order valence-corrected chi connectivity index (χ0v) is 11.3. The van der Waals surface area contributed by atoms with Crippen molar-refractivity contribution in [1.82, 2.24) is 9.55 Å². The number of nitrogens with zero attached hydrogens (tertiary/aromatic N) is 2. The van der Waals surface area contributed by atoms with Crippen molar-refractivity contribution >= 4 is 0 Å². The van der Waals surface area contributed by atoms with Gasteiger partial charge in [-0.25, -0.2) is 4.98 Å². The lowest BCUT2D eigenvalue weighted by atomic mass is 9.99. The highest BCUT2D eigenvalue weighted by Gasteiger charge is 2.14. The minimum Gasteiger partial charge on any atom is -0.496 e. The molecule has 0 bridgehead atoms. The van der Waals surface area contributed by atoms with Crippen molar-refractivity contribution in [3.63, 3.8) is 0 Å². The van der Waals surface area contributed by atoms with E-state index in [1.54, 1.807) is 13.4 Å². The standard InChI is InChI=1S/C14H19N3O/c1-9-10(2)13(18-4)6-5-11(9)14-12(7-15)17(3)8-16-14/h5-6,8H,7,15H2,1-4H3. The highest BCUT2D eigenvalue weighted by molar-refractivity contribution is 5.69. The van der Waals surface area contributed by atoms with Crippen molar-refractivity contribution in [2.45, 2.75) is 20.4 Å². The Kier molecular flexibility index (Phi) is 3.39. The predicted octanol–water partition coefficient (Wildman–Crippen LogP) is 2.17. The van der Waals surface area contributed by atoms with Gasteiger partial charge in [0.2, 0.25) is 0 Å². The number of nitrogens with two attached hydrogens (primary N) is 1. The largest absolute Gasteiger partial charge is 0.496 e. The monoisotopic (exact) mass is 245 g/mol. The van der Waals surface area contributed by atoms with Crippen LogP contribution in [-0.4, -0.2) is 16.7 Å². The third-order valence-electron chi connectivity index (χ3n) is 3.47. The van der Waals surface area contributed by atoms with Gasteiger partial charge in [-0.3, -0.25) is 0 Å². The van der Waals surface area contributed by atoms with Crippen LogP contribution in [0.15, 0.2) is 18.5 Å². The minimum atomic E-state index is 0.482. The number of aryl methyl sites for hydroxylation is 1.